The van der Waals surface area contributed by atoms with Crippen molar-refractivity contribution in [2.24, 2.45) is 17.3 Å². The number of hydrogen-bond acceptors (Lipinski definition) is 4. The van der Waals surface area contributed by atoms with Gasteiger partial charge in [-0.1, -0.05) is 101 Å². The van der Waals surface area contributed by atoms with E-state index in [0.717, 1.165) is 34.4 Å². The fourth-order valence-corrected chi connectivity index (χ4v) is 7.20. The maximum Gasteiger partial charge on any atom is 0.238 e. The van der Waals surface area contributed by atoms with Crippen LogP contribution in [0.25, 0.3) is 6.08 Å². The molecule has 0 radical (unpaired) electrons. The van der Waals surface area contributed by atoms with E-state index in [1.54, 1.807) is 0 Å². The molecule has 3 aliphatic rings. The fourth-order valence-electron chi connectivity index (χ4n) is 7.20. The zero-order valence-electron chi connectivity index (χ0n) is 24.7. The topological polar surface area (TPSA) is 66.5 Å². The Morgan fingerprint density at radius 2 is 1.71 bits per heavy atom. The summed E-state index contributed by atoms with van der Waals surface area (Å²) in [4.78, 5) is 45.9. The molecule has 3 aromatic rings. The molecule has 1 N–H and O–H groups in total. The lowest BCUT2D eigenvalue weighted by molar-refractivity contribution is -0.128. The standard InChI is InChI=1S/C36H38N2O3/c1-21(2)19-23-12-14-24(15-13-23)32(39)30-31(33(40)35(4,5)6)38-28-17-11-22(3)20-25(28)16-18-29(38)36(30)26-9-7-8-10-27(26)37-34(36)41/h7-18,20-21,29-31H,19H2,1-6H3,(H,37,41)/t29-,30-,31-,36-/m0/s1. The van der Waals surface area contributed by atoms with Gasteiger partial charge in [0, 0.05) is 22.4 Å². The smallest absolute Gasteiger partial charge is 0.238 e. The summed E-state index contributed by atoms with van der Waals surface area (Å²) in [5, 5.41) is 3.10. The van der Waals surface area contributed by atoms with E-state index in [4.69, 9.17) is 0 Å². The average molecular weight is 547 g/mol. The van der Waals surface area contributed by atoms with Crippen molar-refractivity contribution in [1.82, 2.24) is 0 Å². The van der Waals surface area contributed by atoms with E-state index < -0.39 is 28.8 Å². The Kier molecular flexibility index (Phi) is 6.33. The first-order chi connectivity index (χ1) is 19.4. The first-order valence-electron chi connectivity index (χ1n) is 14.6. The molecule has 0 aliphatic carbocycles. The molecule has 1 saturated heterocycles. The fraction of sp³-hybridized carbons (Fsp3) is 0.361. The van der Waals surface area contributed by atoms with Crippen molar-refractivity contribution in [3.8, 4) is 0 Å². The average Bonchev–Trinajstić information content (AvgIpc) is 3.39. The van der Waals surface area contributed by atoms with Crippen LogP contribution in [0.2, 0.25) is 0 Å². The summed E-state index contributed by atoms with van der Waals surface area (Å²) in [6, 6.07) is 20.2. The number of hydrogen-bond donors (Lipinski definition) is 1. The molecule has 4 atom stereocenters. The lowest BCUT2D eigenvalue weighted by Gasteiger charge is -2.38. The number of carbonyl (C=O) groups is 3. The first-order valence-corrected chi connectivity index (χ1v) is 14.6. The number of Topliss-reactive ketones (excluding diaryl/α,β-unsaturated/α-hetero) is 2. The molecule has 0 bridgehead atoms. The number of nitrogens with one attached hydrogen (secondary N) is 1. The van der Waals surface area contributed by atoms with Gasteiger partial charge in [-0.15, -0.1) is 0 Å². The van der Waals surface area contributed by atoms with Gasteiger partial charge in [0.2, 0.25) is 5.91 Å². The van der Waals surface area contributed by atoms with Crippen molar-refractivity contribution in [3.05, 3.63) is 101 Å². The van der Waals surface area contributed by atoms with Gasteiger partial charge >= 0.3 is 0 Å². The Balaban J connectivity index is 1.62. The molecule has 3 aromatic carbocycles. The molecule has 6 rings (SSSR count). The van der Waals surface area contributed by atoms with Crippen molar-refractivity contribution >= 4 is 34.9 Å². The van der Waals surface area contributed by atoms with E-state index in [1.807, 2.05) is 101 Å². The maximum atomic E-state index is 14.9. The monoisotopic (exact) mass is 546 g/mol. The number of fused-ring (bicyclic) bond motifs is 6. The molecule has 41 heavy (non-hydrogen) atoms. The van der Waals surface area contributed by atoms with E-state index in [9.17, 15) is 14.4 Å². The summed E-state index contributed by atoms with van der Waals surface area (Å²) in [7, 11) is 0. The van der Waals surface area contributed by atoms with Crippen LogP contribution in [0.4, 0.5) is 11.4 Å². The SMILES string of the molecule is Cc1ccc2c(c1)C=C[C@@H]1N2[C@H](C(=O)C(C)(C)C)[C@@H](C(=O)c2ccc(CC(C)C)cc2)[C@@]12C(=O)Nc1ccccc12. The highest BCUT2D eigenvalue weighted by Gasteiger charge is 2.70. The normalized spacial score (nSPS) is 24.3. The van der Waals surface area contributed by atoms with Gasteiger partial charge < -0.3 is 10.2 Å². The Morgan fingerprint density at radius 3 is 2.39 bits per heavy atom. The number of carbonyl (C=O) groups excluding carboxylic acids is 3. The van der Waals surface area contributed by atoms with Crippen LogP contribution in [0.3, 0.4) is 0 Å². The molecule has 0 aromatic heterocycles. The van der Waals surface area contributed by atoms with E-state index >= 15 is 0 Å². The third kappa shape index (κ3) is 4.08. The molecule has 3 heterocycles. The maximum absolute atomic E-state index is 14.9. The molecule has 0 saturated carbocycles. The van der Waals surface area contributed by atoms with Gasteiger partial charge in [-0.05, 0) is 54.2 Å². The minimum Gasteiger partial charge on any atom is -0.352 e. The number of benzene rings is 3. The van der Waals surface area contributed by atoms with Gasteiger partial charge in [0.25, 0.3) is 0 Å². The quantitative estimate of drug-likeness (QED) is 0.358. The van der Waals surface area contributed by atoms with Crippen LogP contribution in [-0.4, -0.2) is 29.6 Å². The van der Waals surface area contributed by atoms with Crippen LogP contribution >= 0.6 is 0 Å². The molecule has 3 aliphatic heterocycles. The van der Waals surface area contributed by atoms with Crippen LogP contribution in [0.5, 0.6) is 0 Å². The van der Waals surface area contributed by atoms with Crippen LogP contribution in [0.1, 0.15) is 67.2 Å². The van der Waals surface area contributed by atoms with Gasteiger partial charge in [0.15, 0.2) is 11.6 Å². The summed E-state index contributed by atoms with van der Waals surface area (Å²) in [5.41, 5.74) is 4.14. The number of ketones is 2. The highest BCUT2D eigenvalue weighted by molar-refractivity contribution is 6.17. The second-order valence-corrected chi connectivity index (χ2v) is 13.3. The lowest BCUT2D eigenvalue weighted by atomic mass is 9.63. The van der Waals surface area contributed by atoms with E-state index in [0.29, 0.717) is 17.2 Å². The highest BCUT2D eigenvalue weighted by Crippen LogP contribution is 2.58. The van der Waals surface area contributed by atoms with Crippen molar-refractivity contribution in [3.63, 3.8) is 0 Å². The number of anilines is 2. The number of amides is 1. The second kappa shape index (κ2) is 9.54. The molecule has 1 fully saturated rings. The van der Waals surface area contributed by atoms with Gasteiger partial charge in [-0.25, -0.2) is 0 Å². The number of rotatable bonds is 5. The largest absolute Gasteiger partial charge is 0.352 e. The van der Waals surface area contributed by atoms with Crippen LogP contribution in [0.15, 0.2) is 72.8 Å². The van der Waals surface area contributed by atoms with Gasteiger partial charge in [-0.2, -0.15) is 0 Å². The molecular formula is C36H38N2O3. The lowest BCUT2D eigenvalue weighted by Crippen LogP contribution is -2.51. The van der Waals surface area contributed by atoms with Crippen LogP contribution in [0, 0.1) is 24.2 Å². The Bertz CT molecular complexity index is 1590. The number of para-hydroxylation sites is 1. The molecule has 5 heteroatoms. The van der Waals surface area contributed by atoms with Crippen molar-refractivity contribution < 1.29 is 14.4 Å². The van der Waals surface area contributed by atoms with Gasteiger partial charge in [0.05, 0.1) is 12.0 Å². The van der Waals surface area contributed by atoms with E-state index in [1.165, 1.54) is 0 Å². The Hall–Kier alpha value is -3.99. The number of nitrogens with zero attached hydrogens (tertiary/aromatic N) is 1. The van der Waals surface area contributed by atoms with Gasteiger partial charge in [0.1, 0.15) is 11.5 Å². The third-order valence-electron chi connectivity index (χ3n) is 8.96. The van der Waals surface area contributed by atoms with Crippen LogP contribution in [-0.2, 0) is 21.4 Å². The molecule has 5 nitrogen and oxygen atoms in total. The minimum atomic E-state index is -1.27. The Morgan fingerprint density at radius 1 is 1.00 bits per heavy atom. The minimum absolute atomic E-state index is 0.0480. The van der Waals surface area contributed by atoms with E-state index in [-0.39, 0.29) is 17.5 Å². The summed E-state index contributed by atoms with van der Waals surface area (Å²) in [5.74, 6) is -0.877. The summed E-state index contributed by atoms with van der Waals surface area (Å²) >= 11 is 0. The van der Waals surface area contributed by atoms with Crippen molar-refractivity contribution in [2.75, 3.05) is 10.2 Å². The zero-order chi connectivity index (χ0) is 29.3. The van der Waals surface area contributed by atoms with E-state index in [2.05, 4.69) is 30.1 Å². The van der Waals surface area contributed by atoms with Gasteiger partial charge in [-0.3, -0.25) is 14.4 Å². The highest BCUT2D eigenvalue weighted by atomic mass is 16.2. The number of aryl methyl sites for hydroxylation is 1. The second-order valence-electron chi connectivity index (χ2n) is 13.3. The van der Waals surface area contributed by atoms with Crippen molar-refractivity contribution in [1.29, 1.82) is 0 Å². The van der Waals surface area contributed by atoms with Crippen LogP contribution < -0.4 is 10.2 Å². The first kappa shape index (κ1) is 27.2. The molecular weight excluding hydrogens is 508 g/mol. The summed E-state index contributed by atoms with van der Waals surface area (Å²) in [6.45, 7) is 12.1. The Labute approximate surface area is 242 Å². The summed E-state index contributed by atoms with van der Waals surface area (Å²) in [6.07, 6.45) is 5.00. The molecule has 210 valence electrons. The summed E-state index contributed by atoms with van der Waals surface area (Å²) < 4.78 is 0. The predicted molar refractivity (Wildman–Crippen MR) is 164 cm³/mol. The predicted octanol–water partition coefficient (Wildman–Crippen LogP) is 6.78. The third-order valence-corrected chi connectivity index (χ3v) is 8.96. The molecule has 1 spiro atoms. The van der Waals surface area contributed by atoms with Crippen molar-refractivity contribution in [2.45, 2.75) is 65.5 Å². The molecule has 0 unspecified atom stereocenters. The zero-order valence-corrected chi connectivity index (χ0v) is 24.7. The molecule has 1 amide bonds.